The average molecular weight is 538 g/mol. The van der Waals surface area contributed by atoms with Gasteiger partial charge in [0.1, 0.15) is 18.2 Å². The van der Waals surface area contributed by atoms with Crippen LogP contribution in [0.1, 0.15) is 62.2 Å². The molecule has 0 bridgehead atoms. The summed E-state index contributed by atoms with van der Waals surface area (Å²) in [5.41, 5.74) is 2.27. The Kier molecular flexibility index (Phi) is 8.72. The summed E-state index contributed by atoms with van der Waals surface area (Å²) >= 11 is 0. The molecule has 3 aliphatic rings. The molecule has 0 unspecified atom stereocenters. The number of nitrogens with one attached hydrogen (secondary N) is 2. The number of hydrogen-bond donors (Lipinski definition) is 2. The summed E-state index contributed by atoms with van der Waals surface area (Å²) < 4.78 is 11.7. The number of hydrogen-bond acceptors (Lipinski definition) is 9. The Balaban J connectivity index is 1.38. The van der Waals surface area contributed by atoms with Crippen molar-refractivity contribution in [3.63, 3.8) is 0 Å². The van der Waals surface area contributed by atoms with Crippen molar-refractivity contribution in [2.45, 2.75) is 70.0 Å². The third kappa shape index (κ3) is 6.22. The van der Waals surface area contributed by atoms with E-state index in [1.54, 1.807) is 13.2 Å². The van der Waals surface area contributed by atoms with Crippen molar-refractivity contribution >= 4 is 29.0 Å². The van der Waals surface area contributed by atoms with Crippen LogP contribution < -0.4 is 25.2 Å². The molecule has 39 heavy (non-hydrogen) atoms. The van der Waals surface area contributed by atoms with Crippen LogP contribution in [-0.2, 0) is 4.74 Å². The fourth-order valence-electron chi connectivity index (χ4n) is 5.98. The highest BCUT2D eigenvalue weighted by atomic mass is 16.5. The maximum absolute atomic E-state index is 13.0. The van der Waals surface area contributed by atoms with Gasteiger partial charge >= 0.3 is 0 Å². The van der Waals surface area contributed by atoms with E-state index in [0.717, 1.165) is 49.5 Å². The quantitative estimate of drug-likeness (QED) is 0.543. The van der Waals surface area contributed by atoms with E-state index in [9.17, 15) is 4.79 Å². The largest absolute Gasteiger partial charge is 0.495 e. The number of nitrogens with zero attached hydrogens (tertiary/aromatic N) is 5. The van der Waals surface area contributed by atoms with Gasteiger partial charge in [-0.3, -0.25) is 4.79 Å². The lowest BCUT2D eigenvalue weighted by Gasteiger charge is -2.41. The molecule has 1 saturated heterocycles. The first-order chi connectivity index (χ1) is 19.0. The first-order valence-electron chi connectivity index (χ1n) is 14.4. The van der Waals surface area contributed by atoms with Gasteiger partial charge in [0.15, 0.2) is 5.82 Å². The second kappa shape index (κ2) is 12.4. The van der Waals surface area contributed by atoms with Crippen molar-refractivity contribution in [1.29, 1.82) is 0 Å². The summed E-state index contributed by atoms with van der Waals surface area (Å²) in [5, 5.41) is 6.54. The van der Waals surface area contributed by atoms with Gasteiger partial charge in [0, 0.05) is 24.7 Å². The smallest absolute Gasteiger partial charge is 0.251 e. The minimum absolute atomic E-state index is 0.0742. The van der Waals surface area contributed by atoms with E-state index in [1.165, 1.54) is 25.7 Å². The molecule has 10 heteroatoms. The van der Waals surface area contributed by atoms with Crippen molar-refractivity contribution in [3.05, 3.63) is 30.0 Å². The molecule has 0 spiro atoms. The fourth-order valence-corrected chi connectivity index (χ4v) is 5.98. The van der Waals surface area contributed by atoms with E-state index in [2.05, 4.69) is 44.3 Å². The van der Waals surface area contributed by atoms with Gasteiger partial charge in [-0.2, -0.15) is 4.98 Å². The first kappa shape index (κ1) is 27.5. The van der Waals surface area contributed by atoms with Crippen molar-refractivity contribution < 1.29 is 14.3 Å². The van der Waals surface area contributed by atoms with Crippen molar-refractivity contribution in [3.8, 4) is 5.75 Å². The Morgan fingerprint density at radius 1 is 1.15 bits per heavy atom. The van der Waals surface area contributed by atoms with E-state index in [1.807, 2.05) is 25.4 Å². The summed E-state index contributed by atoms with van der Waals surface area (Å²) in [6.07, 6.45) is 9.62. The molecule has 0 radical (unpaired) electrons. The Labute approximate surface area is 232 Å². The summed E-state index contributed by atoms with van der Waals surface area (Å²) in [4.78, 5) is 29.5. The van der Waals surface area contributed by atoms with Crippen LogP contribution in [0.4, 0.5) is 23.1 Å². The topological polar surface area (TPSA) is 95.1 Å². The number of aromatic nitrogens is 2. The number of carbonyl (C=O) groups is 1. The summed E-state index contributed by atoms with van der Waals surface area (Å²) in [6, 6.07) is 6.39. The van der Waals surface area contributed by atoms with Crippen LogP contribution in [0.2, 0.25) is 0 Å². The van der Waals surface area contributed by atoms with E-state index in [-0.39, 0.29) is 18.0 Å². The SMILES string of the molecule is CC[C@@H]1COCN(C)c2cnc(Nc3ccc(C(=O)NC4CCN(C)CC4)cc3OC)nc2N1C1CCCC1. The van der Waals surface area contributed by atoms with Gasteiger partial charge in [-0.1, -0.05) is 19.8 Å². The van der Waals surface area contributed by atoms with Gasteiger partial charge in [-0.25, -0.2) is 4.98 Å². The number of piperidine rings is 1. The third-order valence-electron chi connectivity index (χ3n) is 8.35. The molecule has 1 amide bonds. The first-order valence-corrected chi connectivity index (χ1v) is 14.4. The van der Waals surface area contributed by atoms with Crippen molar-refractivity contribution in [2.24, 2.45) is 0 Å². The summed E-state index contributed by atoms with van der Waals surface area (Å²) in [6.45, 7) is 5.40. The second-order valence-electron chi connectivity index (χ2n) is 11.1. The molecule has 5 rings (SSSR count). The molecule has 2 fully saturated rings. The van der Waals surface area contributed by atoms with Crippen LogP contribution >= 0.6 is 0 Å². The Morgan fingerprint density at radius 3 is 2.64 bits per heavy atom. The monoisotopic (exact) mass is 537 g/mol. The summed E-state index contributed by atoms with van der Waals surface area (Å²) in [5.74, 6) is 1.95. The molecule has 10 nitrogen and oxygen atoms in total. The van der Waals surface area contributed by atoms with E-state index >= 15 is 0 Å². The summed E-state index contributed by atoms with van der Waals surface area (Å²) in [7, 11) is 5.75. The van der Waals surface area contributed by atoms with Crippen LogP contribution in [0.5, 0.6) is 5.75 Å². The molecular formula is C29H43N7O3. The maximum atomic E-state index is 13.0. The number of rotatable bonds is 7. The van der Waals surface area contributed by atoms with Crippen LogP contribution in [0.25, 0.3) is 0 Å². The molecule has 2 aliphatic heterocycles. The molecule has 2 N–H and O–H groups in total. The molecule has 1 aliphatic carbocycles. The highest BCUT2D eigenvalue weighted by Gasteiger charge is 2.33. The molecule has 1 aromatic heterocycles. The van der Waals surface area contributed by atoms with E-state index < -0.39 is 0 Å². The minimum Gasteiger partial charge on any atom is -0.495 e. The van der Waals surface area contributed by atoms with Gasteiger partial charge in [-0.15, -0.1) is 0 Å². The molecule has 1 aromatic carbocycles. The lowest BCUT2D eigenvalue weighted by Crippen LogP contribution is -2.47. The van der Waals surface area contributed by atoms with E-state index in [4.69, 9.17) is 14.5 Å². The lowest BCUT2D eigenvalue weighted by molar-refractivity contribution is 0.0916. The number of fused-ring (bicyclic) bond motifs is 1. The fraction of sp³-hybridized carbons (Fsp3) is 0.621. The standard InChI is InChI=1S/C29H43N7O3/c1-5-22-18-39-19-35(3)25-17-30-29(33-27(25)36(22)23-8-6-7-9-23)32-24-11-10-20(16-26(24)38-4)28(37)31-21-12-14-34(2)15-13-21/h10-11,16-17,21-23H,5-9,12-15,18-19H2,1-4H3,(H,31,37)(H,30,32,33)/t22-/m1/s1. The Hall–Kier alpha value is -3.11. The number of anilines is 4. The van der Waals surface area contributed by atoms with Gasteiger partial charge in [0.05, 0.1) is 31.6 Å². The number of ether oxygens (including phenoxy) is 2. The third-order valence-corrected chi connectivity index (χ3v) is 8.35. The highest BCUT2D eigenvalue weighted by Crippen LogP contribution is 2.38. The average Bonchev–Trinajstić information content (AvgIpc) is 3.47. The van der Waals surface area contributed by atoms with Gasteiger partial charge in [-0.05, 0) is 70.4 Å². The molecule has 212 valence electrons. The number of benzene rings is 1. The normalized spacial score (nSPS) is 21.3. The van der Waals surface area contributed by atoms with Gasteiger partial charge in [0.2, 0.25) is 5.95 Å². The molecule has 1 saturated carbocycles. The number of carbonyl (C=O) groups excluding carboxylic acids is 1. The van der Waals surface area contributed by atoms with Gasteiger partial charge < -0.3 is 34.8 Å². The second-order valence-corrected chi connectivity index (χ2v) is 11.1. The van der Waals surface area contributed by atoms with Gasteiger partial charge in [0.25, 0.3) is 5.91 Å². The highest BCUT2D eigenvalue weighted by molar-refractivity contribution is 5.95. The zero-order valence-corrected chi connectivity index (χ0v) is 23.8. The van der Waals surface area contributed by atoms with Crippen LogP contribution in [-0.4, -0.2) is 86.5 Å². The predicted octanol–water partition coefficient (Wildman–Crippen LogP) is 4.00. The van der Waals surface area contributed by atoms with Crippen LogP contribution in [0.3, 0.4) is 0 Å². The van der Waals surface area contributed by atoms with Crippen LogP contribution in [0.15, 0.2) is 24.4 Å². The molecular weight excluding hydrogens is 494 g/mol. The zero-order valence-electron chi connectivity index (χ0n) is 23.8. The van der Waals surface area contributed by atoms with Crippen molar-refractivity contribution in [1.82, 2.24) is 20.2 Å². The predicted molar refractivity (Wildman–Crippen MR) is 154 cm³/mol. The molecule has 1 atom stereocenters. The number of amides is 1. The Bertz CT molecular complexity index is 1130. The van der Waals surface area contributed by atoms with Crippen LogP contribution in [0, 0.1) is 0 Å². The number of likely N-dealkylation sites (tertiary alicyclic amines) is 1. The zero-order chi connectivity index (χ0) is 27.4. The number of methoxy groups -OCH3 is 1. The minimum atomic E-state index is -0.0742. The van der Waals surface area contributed by atoms with E-state index in [0.29, 0.717) is 36.6 Å². The molecule has 3 heterocycles. The molecule has 2 aromatic rings. The van der Waals surface area contributed by atoms with Crippen molar-refractivity contribution in [2.75, 3.05) is 62.7 Å². The maximum Gasteiger partial charge on any atom is 0.251 e. The Morgan fingerprint density at radius 2 is 1.92 bits per heavy atom. The lowest BCUT2D eigenvalue weighted by atomic mass is 10.0.